The van der Waals surface area contributed by atoms with Gasteiger partial charge in [0.15, 0.2) is 0 Å². The van der Waals surface area contributed by atoms with Crippen molar-refractivity contribution in [3.63, 3.8) is 0 Å². The molecule has 28 heavy (non-hydrogen) atoms. The minimum Gasteiger partial charge on any atom is -0.382 e. The lowest BCUT2D eigenvalue weighted by molar-refractivity contribution is 0.323. The van der Waals surface area contributed by atoms with Crippen molar-refractivity contribution in [1.29, 1.82) is 0 Å². The molecule has 0 aliphatic carbocycles. The van der Waals surface area contributed by atoms with E-state index < -0.39 is 23.4 Å². The van der Waals surface area contributed by atoms with Crippen molar-refractivity contribution in [3.05, 3.63) is 76.6 Å². The third-order valence-corrected chi connectivity index (χ3v) is 5.18. The number of hydrogen-bond acceptors (Lipinski definition) is 4. The van der Waals surface area contributed by atoms with Crippen molar-refractivity contribution >= 4 is 5.82 Å². The summed E-state index contributed by atoms with van der Waals surface area (Å²) in [5, 5.41) is 7.75. The lowest BCUT2D eigenvalue weighted by Gasteiger charge is -2.20. The number of halogens is 3. The summed E-state index contributed by atoms with van der Waals surface area (Å²) in [6.07, 6.45) is 0.560. The molecule has 7 heteroatoms. The van der Waals surface area contributed by atoms with Crippen molar-refractivity contribution in [2.75, 3.05) is 19.3 Å². The van der Waals surface area contributed by atoms with Crippen LogP contribution in [-0.4, -0.2) is 28.7 Å². The second kappa shape index (κ2) is 7.24. The first-order chi connectivity index (χ1) is 13.4. The Labute approximate surface area is 160 Å². The van der Waals surface area contributed by atoms with Crippen LogP contribution >= 0.6 is 0 Å². The van der Waals surface area contributed by atoms with Gasteiger partial charge in [-0.05, 0) is 67.5 Å². The highest BCUT2D eigenvalue weighted by Crippen LogP contribution is 2.38. The SMILES string of the molecule is CN1CCC(c2cc(F)ccc2F)c2ccc(-c3ccc(N)nn3)c(F)c2C1. The number of rotatable bonds is 2. The van der Waals surface area contributed by atoms with Crippen LogP contribution in [0.25, 0.3) is 11.3 Å². The maximum Gasteiger partial charge on any atom is 0.146 e. The van der Waals surface area contributed by atoms with Gasteiger partial charge in [0.2, 0.25) is 0 Å². The molecule has 0 radical (unpaired) electrons. The van der Waals surface area contributed by atoms with Crippen molar-refractivity contribution in [2.45, 2.75) is 18.9 Å². The first-order valence-corrected chi connectivity index (χ1v) is 8.98. The molecule has 0 amide bonds. The zero-order valence-corrected chi connectivity index (χ0v) is 15.3. The van der Waals surface area contributed by atoms with E-state index in [2.05, 4.69) is 10.2 Å². The molecule has 1 unspecified atom stereocenters. The molecule has 0 spiro atoms. The van der Waals surface area contributed by atoms with Crippen LogP contribution in [0.3, 0.4) is 0 Å². The monoisotopic (exact) mass is 384 g/mol. The van der Waals surface area contributed by atoms with Gasteiger partial charge in [-0.3, -0.25) is 0 Å². The minimum absolute atomic E-state index is 0.246. The Morgan fingerprint density at radius 3 is 2.57 bits per heavy atom. The number of hydrogen-bond donors (Lipinski definition) is 1. The molecule has 2 N–H and O–H groups in total. The van der Waals surface area contributed by atoms with E-state index in [1.165, 1.54) is 6.07 Å². The number of nitrogen functional groups attached to an aromatic ring is 1. The molecule has 1 atom stereocenters. The molecule has 0 saturated carbocycles. The topological polar surface area (TPSA) is 55.0 Å². The predicted octanol–water partition coefficient (Wildman–Crippen LogP) is 4.11. The molecule has 1 aliphatic rings. The Hall–Kier alpha value is -2.93. The highest BCUT2D eigenvalue weighted by molar-refractivity contribution is 5.63. The van der Waals surface area contributed by atoms with Gasteiger partial charge >= 0.3 is 0 Å². The van der Waals surface area contributed by atoms with Gasteiger partial charge in [0.05, 0.1) is 5.69 Å². The molecular formula is C21H19F3N4. The van der Waals surface area contributed by atoms with Crippen LogP contribution in [-0.2, 0) is 6.54 Å². The first-order valence-electron chi connectivity index (χ1n) is 8.98. The molecule has 2 aromatic carbocycles. The van der Waals surface area contributed by atoms with Crippen LogP contribution < -0.4 is 5.73 Å². The number of anilines is 1. The summed E-state index contributed by atoms with van der Waals surface area (Å²) in [6.45, 7) is 0.997. The lowest BCUT2D eigenvalue weighted by atomic mass is 9.85. The van der Waals surface area contributed by atoms with Gasteiger partial charge in [0.25, 0.3) is 0 Å². The predicted molar refractivity (Wildman–Crippen MR) is 101 cm³/mol. The highest BCUT2D eigenvalue weighted by atomic mass is 19.1. The highest BCUT2D eigenvalue weighted by Gasteiger charge is 2.28. The Balaban J connectivity index is 1.87. The molecule has 4 nitrogen and oxygen atoms in total. The summed E-state index contributed by atoms with van der Waals surface area (Å²) < 4.78 is 43.7. The van der Waals surface area contributed by atoms with Crippen LogP contribution in [0.4, 0.5) is 19.0 Å². The molecule has 1 aliphatic heterocycles. The Morgan fingerprint density at radius 2 is 1.82 bits per heavy atom. The molecule has 1 aromatic heterocycles. The van der Waals surface area contributed by atoms with Crippen molar-refractivity contribution in [1.82, 2.24) is 15.1 Å². The second-order valence-electron chi connectivity index (χ2n) is 7.08. The van der Waals surface area contributed by atoms with E-state index in [9.17, 15) is 8.78 Å². The fourth-order valence-electron chi connectivity index (χ4n) is 3.77. The summed E-state index contributed by atoms with van der Waals surface area (Å²) in [6, 6.07) is 9.97. The summed E-state index contributed by atoms with van der Waals surface area (Å²) in [4.78, 5) is 1.97. The quantitative estimate of drug-likeness (QED) is 0.723. The van der Waals surface area contributed by atoms with E-state index in [1.54, 1.807) is 24.3 Å². The summed E-state index contributed by atoms with van der Waals surface area (Å²) in [5.41, 5.74) is 7.61. The van der Waals surface area contributed by atoms with Crippen molar-refractivity contribution in [2.24, 2.45) is 0 Å². The zero-order chi connectivity index (χ0) is 19.8. The molecule has 4 rings (SSSR count). The number of benzene rings is 2. The first kappa shape index (κ1) is 18.4. The zero-order valence-electron chi connectivity index (χ0n) is 15.3. The van der Waals surface area contributed by atoms with Crippen molar-refractivity contribution in [3.8, 4) is 11.3 Å². The van der Waals surface area contributed by atoms with Gasteiger partial charge in [-0.15, -0.1) is 10.2 Å². The molecule has 144 valence electrons. The summed E-state index contributed by atoms with van der Waals surface area (Å²) in [7, 11) is 1.88. The van der Waals surface area contributed by atoms with Crippen LogP contribution in [0.15, 0.2) is 42.5 Å². The standard InChI is InChI=1S/C21H19F3N4/c1-28-9-8-14(16-10-12(22)2-5-18(16)23)13-3-4-15(21(24)17(13)11-28)19-6-7-20(25)27-26-19/h2-7,10,14H,8-9,11H2,1H3,(H2,25,27). The van der Waals surface area contributed by atoms with Gasteiger partial charge < -0.3 is 10.6 Å². The van der Waals surface area contributed by atoms with E-state index in [-0.39, 0.29) is 11.4 Å². The van der Waals surface area contributed by atoms with Crippen molar-refractivity contribution < 1.29 is 13.2 Å². The number of nitrogens with zero attached hydrogens (tertiary/aromatic N) is 3. The van der Waals surface area contributed by atoms with Crippen LogP contribution in [0.2, 0.25) is 0 Å². The molecule has 2 heterocycles. The van der Waals surface area contributed by atoms with Gasteiger partial charge in [-0.2, -0.15) is 0 Å². The van der Waals surface area contributed by atoms with Gasteiger partial charge in [-0.1, -0.05) is 6.07 Å². The normalized spacial score (nSPS) is 17.2. The minimum atomic E-state index is -0.509. The molecule has 0 saturated heterocycles. The average Bonchev–Trinajstić information content (AvgIpc) is 2.84. The Bertz CT molecular complexity index is 1020. The third-order valence-electron chi connectivity index (χ3n) is 5.18. The van der Waals surface area contributed by atoms with E-state index in [0.717, 1.165) is 12.1 Å². The van der Waals surface area contributed by atoms with Crippen LogP contribution in [0.5, 0.6) is 0 Å². The number of aromatic nitrogens is 2. The Morgan fingerprint density at radius 1 is 1.00 bits per heavy atom. The van der Waals surface area contributed by atoms with E-state index >= 15 is 4.39 Å². The number of nitrogens with two attached hydrogens (primary N) is 1. The second-order valence-corrected chi connectivity index (χ2v) is 7.08. The summed E-state index contributed by atoms with van der Waals surface area (Å²) >= 11 is 0. The van der Waals surface area contributed by atoms with E-state index in [0.29, 0.717) is 41.9 Å². The molecular weight excluding hydrogens is 365 g/mol. The van der Waals surface area contributed by atoms with E-state index in [4.69, 9.17) is 5.73 Å². The summed E-state index contributed by atoms with van der Waals surface area (Å²) in [5.74, 6) is -1.61. The van der Waals surface area contributed by atoms with E-state index in [1.807, 2.05) is 11.9 Å². The maximum atomic E-state index is 15.5. The van der Waals surface area contributed by atoms with Crippen LogP contribution in [0.1, 0.15) is 29.0 Å². The van der Waals surface area contributed by atoms with Gasteiger partial charge in [-0.25, -0.2) is 13.2 Å². The largest absolute Gasteiger partial charge is 0.382 e. The van der Waals surface area contributed by atoms with Gasteiger partial charge in [0.1, 0.15) is 23.3 Å². The molecule has 0 bridgehead atoms. The Kier molecular flexibility index (Phi) is 4.77. The fraction of sp³-hybridized carbons (Fsp3) is 0.238. The lowest BCUT2D eigenvalue weighted by Crippen LogP contribution is -2.18. The van der Waals surface area contributed by atoms with Crippen LogP contribution in [0, 0.1) is 17.5 Å². The maximum absolute atomic E-state index is 15.5. The molecule has 3 aromatic rings. The third kappa shape index (κ3) is 3.33. The van der Waals surface area contributed by atoms with Gasteiger partial charge in [0, 0.05) is 23.6 Å². The fourth-order valence-corrected chi connectivity index (χ4v) is 3.77. The number of fused-ring (bicyclic) bond motifs is 1. The smallest absolute Gasteiger partial charge is 0.146 e. The average molecular weight is 384 g/mol. The molecule has 0 fully saturated rings.